The van der Waals surface area contributed by atoms with E-state index in [2.05, 4.69) is 32.1 Å². The molecule has 2 aliphatic carbocycles. The van der Waals surface area contributed by atoms with Crippen LogP contribution in [0.25, 0.3) is 0 Å². The number of carbonyl (C=O) groups excluding carboxylic acids is 3. The summed E-state index contributed by atoms with van der Waals surface area (Å²) < 4.78 is 17.5. The molecule has 3 rings (SSSR count). The Hall–Kier alpha value is -2.19. The van der Waals surface area contributed by atoms with Gasteiger partial charge in [0.1, 0.15) is 18.3 Å². The molecule has 1 aliphatic heterocycles. The van der Waals surface area contributed by atoms with Crippen molar-refractivity contribution in [1.29, 1.82) is 0 Å². The molecular weight excluding hydrogens is 522 g/mol. The smallest absolute Gasteiger partial charge is 0.311 e. The van der Waals surface area contributed by atoms with E-state index in [-0.39, 0.29) is 54.7 Å². The molecular formula is C33H53NO7. The van der Waals surface area contributed by atoms with Crippen LogP contribution in [0.1, 0.15) is 99.8 Å². The van der Waals surface area contributed by atoms with E-state index in [0.29, 0.717) is 37.5 Å². The fourth-order valence-corrected chi connectivity index (χ4v) is 6.41. The van der Waals surface area contributed by atoms with E-state index < -0.39 is 29.6 Å². The first kappa shape index (κ1) is 33.3. The van der Waals surface area contributed by atoms with Crippen molar-refractivity contribution < 1.29 is 33.7 Å². The Kier molecular flexibility index (Phi) is 11.6. The Labute approximate surface area is 246 Å². The number of aliphatic hydroxyl groups is 1. The molecule has 0 saturated carbocycles. The first-order chi connectivity index (χ1) is 19.2. The van der Waals surface area contributed by atoms with Crippen molar-refractivity contribution in [2.75, 3.05) is 0 Å². The molecule has 0 unspecified atom stereocenters. The number of aliphatic hydroxyl groups excluding tert-OH is 1. The van der Waals surface area contributed by atoms with Crippen molar-refractivity contribution in [2.45, 2.75) is 130 Å². The predicted octanol–water partition coefficient (Wildman–Crippen LogP) is 5.26. The van der Waals surface area contributed by atoms with Gasteiger partial charge in [0, 0.05) is 18.4 Å². The van der Waals surface area contributed by atoms with Crippen LogP contribution in [0.15, 0.2) is 23.8 Å². The predicted molar refractivity (Wildman–Crippen MR) is 157 cm³/mol. The summed E-state index contributed by atoms with van der Waals surface area (Å²) in [6.45, 7) is 14.2. The molecule has 8 heteroatoms. The van der Waals surface area contributed by atoms with Gasteiger partial charge in [-0.1, -0.05) is 52.8 Å². The Morgan fingerprint density at radius 1 is 1.17 bits per heavy atom. The van der Waals surface area contributed by atoms with Crippen LogP contribution in [-0.2, 0) is 28.6 Å². The van der Waals surface area contributed by atoms with Gasteiger partial charge >= 0.3 is 17.9 Å². The van der Waals surface area contributed by atoms with Crippen LogP contribution in [0.4, 0.5) is 0 Å². The van der Waals surface area contributed by atoms with E-state index in [9.17, 15) is 19.5 Å². The highest BCUT2D eigenvalue weighted by molar-refractivity contribution is 5.76. The minimum Gasteiger partial charge on any atom is -0.462 e. The number of esters is 3. The summed E-state index contributed by atoms with van der Waals surface area (Å²) in [7, 11) is 0. The van der Waals surface area contributed by atoms with Gasteiger partial charge in [-0.05, 0) is 75.2 Å². The van der Waals surface area contributed by atoms with Gasteiger partial charge in [0.05, 0.1) is 24.4 Å². The van der Waals surface area contributed by atoms with Crippen molar-refractivity contribution in [1.82, 2.24) is 0 Å². The lowest BCUT2D eigenvalue weighted by atomic mass is 9.65. The molecule has 8 nitrogen and oxygen atoms in total. The van der Waals surface area contributed by atoms with E-state index in [1.807, 2.05) is 34.6 Å². The van der Waals surface area contributed by atoms with Gasteiger partial charge in [0.15, 0.2) is 0 Å². The summed E-state index contributed by atoms with van der Waals surface area (Å²) in [6, 6.07) is -0.504. The fraction of sp³-hybridized carbons (Fsp3) is 0.788. The normalized spacial score (nSPS) is 31.5. The van der Waals surface area contributed by atoms with Crippen LogP contribution in [0.2, 0.25) is 0 Å². The zero-order valence-electron chi connectivity index (χ0n) is 26.1. The van der Waals surface area contributed by atoms with Crippen LogP contribution >= 0.6 is 0 Å². The van der Waals surface area contributed by atoms with Gasteiger partial charge in [-0.3, -0.25) is 14.4 Å². The van der Waals surface area contributed by atoms with Gasteiger partial charge in [0.25, 0.3) is 0 Å². The minimum absolute atomic E-state index is 0.0115. The third-order valence-electron chi connectivity index (χ3n) is 9.24. The van der Waals surface area contributed by atoms with Gasteiger partial charge in [-0.25, -0.2) is 0 Å². The molecule has 1 heterocycles. The zero-order chi connectivity index (χ0) is 30.5. The largest absolute Gasteiger partial charge is 0.462 e. The summed E-state index contributed by atoms with van der Waals surface area (Å²) in [5, 5.41) is 10.3. The summed E-state index contributed by atoms with van der Waals surface area (Å²) in [4.78, 5) is 38.0. The molecule has 0 aromatic rings. The second-order valence-electron chi connectivity index (χ2n) is 13.8. The van der Waals surface area contributed by atoms with Crippen molar-refractivity contribution >= 4 is 17.9 Å². The van der Waals surface area contributed by atoms with E-state index in [1.165, 1.54) is 5.57 Å². The van der Waals surface area contributed by atoms with Crippen molar-refractivity contribution in [3.63, 3.8) is 0 Å². The second kappa shape index (κ2) is 14.3. The van der Waals surface area contributed by atoms with E-state index >= 15 is 0 Å². The van der Waals surface area contributed by atoms with Crippen LogP contribution in [-0.4, -0.2) is 53.5 Å². The SMILES string of the molecule is CCC(C)(C)C(=O)O[C@@H]1C[C@H](C)C=C2C=C[C@@H](C)[C@@H](CC[C@@H]3C[C@H](OC(=O)C[C@H](O)[C@@H](N)CC(C)C)CC(=O)O3)[C@@H]21. The third kappa shape index (κ3) is 9.15. The maximum atomic E-state index is 13.1. The molecule has 0 spiro atoms. The summed E-state index contributed by atoms with van der Waals surface area (Å²) in [6.07, 6.45) is 8.35. The fourth-order valence-electron chi connectivity index (χ4n) is 6.41. The number of carbonyl (C=O) groups is 3. The zero-order valence-corrected chi connectivity index (χ0v) is 26.1. The molecule has 3 N–H and O–H groups in total. The van der Waals surface area contributed by atoms with Gasteiger partial charge in [-0.2, -0.15) is 0 Å². The van der Waals surface area contributed by atoms with Crippen LogP contribution in [0, 0.1) is 35.0 Å². The topological polar surface area (TPSA) is 125 Å². The average molecular weight is 576 g/mol. The monoisotopic (exact) mass is 575 g/mol. The molecule has 41 heavy (non-hydrogen) atoms. The van der Waals surface area contributed by atoms with E-state index in [4.69, 9.17) is 19.9 Å². The minimum atomic E-state index is -0.984. The Morgan fingerprint density at radius 3 is 2.54 bits per heavy atom. The van der Waals surface area contributed by atoms with Crippen molar-refractivity contribution in [3.05, 3.63) is 23.8 Å². The van der Waals surface area contributed by atoms with Crippen LogP contribution in [0.3, 0.4) is 0 Å². The first-order valence-electron chi connectivity index (χ1n) is 15.6. The van der Waals surface area contributed by atoms with Gasteiger partial charge in [-0.15, -0.1) is 0 Å². The number of allylic oxidation sites excluding steroid dienone is 3. The standard InChI is InChI=1S/C33H53NO7/c1-8-33(6,7)32(38)41-28-15-20(4)14-22-10-9-21(5)25(31(22)28)12-11-23-16-24(17-29(36)39-23)40-30(37)18-27(35)26(34)13-19(2)3/h9-10,14,19-21,23-28,31,35H,8,11-13,15-18,34H2,1-7H3/t20-,21-,23-,24+,25-,26+,27+,28-,31-/m1/s1. The lowest BCUT2D eigenvalue weighted by molar-refractivity contribution is -0.171. The lowest BCUT2D eigenvalue weighted by Crippen LogP contribution is -2.43. The first-order valence-corrected chi connectivity index (χ1v) is 15.6. The quantitative estimate of drug-likeness (QED) is 0.238. The number of nitrogens with two attached hydrogens (primary N) is 1. The molecule has 1 fully saturated rings. The summed E-state index contributed by atoms with van der Waals surface area (Å²) >= 11 is 0. The number of ether oxygens (including phenoxy) is 3. The highest BCUT2D eigenvalue weighted by Gasteiger charge is 2.43. The third-order valence-corrected chi connectivity index (χ3v) is 9.24. The molecule has 0 radical (unpaired) electrons. The Balaban J connectivity index is 1.63. The summed E-state index contributed by atoms with van der Waals surface area (Å²) in [5.41, 5.74) is 6.71. The lowest BCUT2D eigenvalue weighted by Gasteiger charge is -2.44. The average Bonchev–Trinajstić information content (AvgIpc) is 2.87. The van der Waals surface area contributed by atoms with Crippen molar-refractivity contribution in [3.8, 4) is 0 Å². The highest BCUT2D eigenvalue weighted by Crippen LogP contribution is 2.45. The second-order valence-corrected chi connectivity index (χ2v) is 13.8. The number of fused-ring (bicyclic) bond motifs is 1. The maximum absolute atomic E-state index is 13.1. The van der Waals surface area contributed by atoms with Crippen LogP contribution < -0.4 is 5.73 Å². The van der Waals surface area contributed by atoms with Gasteiger partial charge < -0.3 is 25.1 Å². The van der Waals surface area contributed by atoms with Gasteiger partial charge in [0.2, 0.25) is 0 Å². The summed E-state index contributed by atoms with van der Waals surface area (Å²) in [5.74, 6) is 0.126. The molecule has 9 atom stereocenters. The Bertz CT molecular complexity index is 986. The molecule has 0 aromatic heterocycles. The molecule has 1 saturated heterocycles. The molecule has 0 amide bonds. The molecule has 232 valence electrons. The molecule has 0 bridgehead atoms. The Morgan fingerprint density at radius 2 is 1.88 bits per heavy atom. The number of cyclic esters (lactones) is 1. The highest BCUT2D eigenvalue weighted by atomic mass is 16.6. The van der Waals surface area contributed by atoms with E-state index in [0.717, 1.165) is 12.8 Å². The number of hydrogen-bond donors (Lipinski definition) is 2. The number of hydrogen-bond acceptors (Lipinski definition) is 8. The van der Waals surface area contributed by atoms with E-state index in [1.54, 1.807) is 0 Å². The van der Waals surface area contributed by atoms with Crippen LogP contribution in [0.5, 0.6) is 0 Å². The van der Waals surface area contributed by atoms with Crippen molar-refractivity contribution in [2.24, 2.45) is 40.7 Å². The molecule has 0 aromatic carbocycles. The number of rotatable bonds is 12. The maximum Gasteiger partial charge on any atom is 0.311 e. The molecule has 3 aliphatic rings.